The molecular formula is C12H17N3O6. The molecule has 0 saturated heterocycles. The minimum atomic E-state index is -0.832. The lowest BCUT2D eigenvalue weighted by molar-refractivity contribution is -0.147. The van der Waals surface area contributed by atoms with Crippen LogP contribution in [0.5, 0.6) is 0 Å². The van der Waals surface area contributed by atoms with Gasteiger partial charge in [0.2, 0.25) is 5.78 Å². The van der Waals surface area contributed by atoms with E-state index in [9.17, 15) is 19.2 Å². The van der Waals surface area contributed by atoms with Crippen molar-refractivity contribution in [3.05, 3.63) is 26.4 Å². The van der Waals surface area contributed by atoms with E-state index in [-0.39, 0.29) is 18.0 Å². The fraction of sp³-hybridized carbons (Fsp3) is 0.500. The van der Waals surface area contributed by atoms with E-state index in [0.29, 0.717) is 6.61 Å². The predicted molar refractivity (Wildman–Crippen MR) is 73.1 cm³/mol. The van der Waals surface area contributed by atoms with Crippen molar-refractivity contribution in [2.24, 2.45) is 14.1 Å². The third-order valence-corrected chi connectivity index (χ3v) is 2.78. The molecule has 0 fully saturated rings. The van der Waals surface area contributed by atoms with Crippen molar-refractivity contribution >= 4 is 17.6 Å². The van der Waals surface area contributed by atoms with Crippen molar-refractivity contribution in [2.75, 3.05) is 25.6 Å². The van der Waals surface area contributed by atoms with Gasteiger partial charge in [0.05, 0.1) is 0 Å². The maximum absolute atomic E-state index is 12.0. The van der Waals surface area contributed by atoms with Crippen LogP contribution in [0.3, 0.4) is 0 Å². The van der Waals surface area contributed by atoms with Crippen LogP contribution in [0.25, 0.3) is 0 Å². The topological polar surface area (TPSA) is 123 Å². The van der Waals surface area contributed by atoms with Crippen LogP contribution >= 0.6 is 0 Å². The van der Waals surface area contributed by atoms with Crippen molar-refractivity contribution in [1.29, 1.82) is 0 Å². The Labute approximate surface area is 119 Å². The molecule has 0 amide bonds. The van der Waals surface area contributed by atoms with Crippen molar-refractivity contribution in [3.63, 3.8) is 0 Å². The quantitative estimate of drug-likeness (QED) is 0.497. The van der Waals surface area contributed by atoms with Gasteiger partial charge in [0.15, 0.2) is 6.61 Å². The SMILES string of the molecule is CCOCC(=O)OCC(=O)c1c(N)n(C)c(=O)n(C)c1=O. The molecule has 0 aliphatic heterocycles. The second-order valence-electron chi connectivity index (χ2n) is 4.19. The van der Waals surface area contributed by atoms with Crippen molar-refractivity contribution in [1.82, 2.24) is 9.13 Å². The van der Waals surface area contributed by atoms with Crippen LogP contribution < -0.4 is 17.0 Å². The zero-order chi connectivity index (χ0) is 16.2. The van der Waals surface area contributed by atoms with E-state index in [1.165, 1.54) is 14.1 Å². The number of hydrogen-bond donors (Lipinski definition) is 1. The number of ketones is 1. The van der Waals surface area contributed by atoms with Crippen LogP contribution in [0, 0.1) is 0 Å². The molecular weight excluding hydrogens is 282 g/mol. The minimum absolute atomic E-state index is 0.269. The van der Waals surface area contributed by atoms with Gasteiger partial charge < -0.3 is 15.2 Å². The van der Waals surface area contributed by atoms with Gasteiger partial charge in [-0.1, -0.05) is 0 Å². The number of carbonyl (C=O) groups excluding carboxylic acids is 2. The van der Waals surface area contributed by atoms with Crippen LogP contribution in [-0.4, -0.2) is 40.7 Å². The van der Waals surface area contributed by atoms with Gasteiger partial charge in [-0.3, -0.25) is 18.7 Å². The molecule has 116 valence electrons. The number of aromatic nitrogens is 2. The molecule has 0 bridgehead atoms. The summed E-state index contributed by atoms with van der Waals surface area (Å²) in [6, 6.07) is 0. The molecule has 0 aromatic carbocycles. The number of nitrogens with zero attached hydrogens (tertiary/aromatic N) is 2. The summed E-state index contributed by atoms with van der Waals surface area (Å²) in [4.78, 5) is 46.7. The Morgan fingerprint density at radius 3 is 2.33 bits per heavy atom. The highest BCUT2D eigenvalue weighted by molar-refractivity contribution is 6.01. The van der Waals surface area contributed by atoms with E-state index in [0.717, 1.165) is 9.13 Å². The van der Waals surface area contributed by atoms with Crippen LogP contribution in [-0.2, 0) is 28.4 Å². The molecule has 0 spiro atoms. The summed E-state index contributed by atoms with van der Waals surface area (Å²) in [5, 5.41) is 0. The van der Waals surface area contributed by atoms with Crippen LogP contribution in [0.15, 0.2) is 9.59 Å². The van der Waals surface area contributed by atoms with E-state index < -0.39 is 29.6 Å². The number of nitrogens with two attached hydrogens (primary N) is 1. The number of nitrogen functional groups attached to an aromatic ring is 1. The van der Waals surface area contributed by atoms with Crippen molar-refractivity contribution in [3.8, 4) is 0 Å². The minimum Gasteiger partial charge on any atom is -0.456 e. The van der Waals surface area contributed by atoms with Gasteiger partial charge in [-0.25, -0.2) is 9.59 Å². The largest absolute Gasteiger partial charge is 0.456 e. The molecule has 0 unspecified atom stereocenters. The molecule has 0 saturated carbocycles. The Morgan fingerprint density at radius 2 is 1.76 bits per heavy atom. The zero-order valence-corrected chi connectivity index (χ0v) is 12.0. The summed E-state index contributed by atoms with van der Waals surface area (Å²) in [7, 11) is 2.55. The first-order valence-corrected chi connectivity index (χ1v) is 6.13. The van der Waals surface area contributed by atoms with Gasteiger partial charge in [0, 0.05) is 20.7 Å². The van der Waals surface area contributed by atoms with Crippen LogP contribution in [0.2, 0.25) is 0 Å². The Kier molecular flexibility index (Phi) is 5.42. The lowest BCUT2D eigenvalue weighted by atomic mass is 10.2. The van der Waals surface area contributed by atoms with E-state index in [4.69, 9.17) is 10.5 Å². The van der Waals surface area contributed by atoms with Gasteiger partial charge in [-0.15, -0.1) is 0 Å². The number of esters is 1. The summed E-state index contributed by atoms with van der Waals surface area (Å²) < 4.78 is 11.2. The van der Waals surface area contributed by atoms with Gasteiger partial charge >= 0.3 is 11.7 Å². The fourth-order valence-electron chi connectivity index (χ4n) is 1.57. The van der Waals surface area contributed by atoms with Gasteiger partial charge in [0.25, 0.3) is 5.56 Å². The highest BCUT2D eigenvalue weighted by Gasteiger charge is 2.21. The third-order valence-electron chi connectivity index (χ3n) is 2.78. The number of rotatable bonds is 6. The first kappa shape index (κ1) is 16.6. The monoisotopic (exact) mass is 299 g/mol. The molecule has 0 aliphatic rings. The van der Waals surface area contributed by atoms with Gasteiger partial charge in [0.1, 0.15) is 18.0 Å². The summed E-state index contributed by atoms with van der Waals surface area (Å²) in [6.07, 6.45) is 0. The summed E-state index contributed by atoms with van der Waals surface area (Å²) in [6.45, 7) is 1.10. The number of carbonyl (C=O) groups is 2. The lowest BCUT2D eigenvalue weighted by Crippen LogP contribution is -2.42. The summed E-state index contributed by atoms with van der Waals surface area (Å²) in [5.41, 5.74) is 3.74. The number of anilines is 1. The smallest absolute Gasteiger partial charge is 0.332 e. The summed E-state index contributed by atoms with van der Waals surface area (Å²) >= 11 is 0. The first-order chi connectivity index (χ1) is 9.81. The highest BCUT2D eigenvalue weighted by Crippen LogP contribution is 2.04. The normalized spacial score (nSPS) is 10.4. The van der Waals surface area contributed by atoms with Crippen molar-refractivity contribution in [2.45, 2.75) is 6.92 Å². The van der Waals surface area contributed by atoms with Crippen LogP contribution in [0.1, 0.15) is 17.3 Å². The van der Waals surface area contributed by atoms with E-state index >= 15 is 0 Å². The Balaban J connectivity index is 2.97. The zero-order valence-electron chi connectivity index (χ0n) is 12.0. The molecule has 9 nitrogen and oxygen atoms in total. The second-order valence-corrected chi connectivity index (χ2v) is 4.19. The van der Waals surface area contributed by atoms with Crippen LogP contribution in [0.4, 0.5) is 5.82 Å². The van der Waals surface area contributed by atoms with E-state index in [1.807, 2.05) is 0 Å². The Morgan fingerprint density at radius 1 is 1.14 bits per heavy atom. The summed E-state index contributed by atoms with van der Waals surface area (Å²) in [5.74, 6) is -1.78. The molecule has 9 heteroatoms. The highest BCUT2D eigenvalue weighted by atomic mass is 16.6. The standard InChI is InChI=1S/C12H17N3O6/c1-4-20-6-8(17)21-5-7(16)9-10(13)14(2)12(19)15(3)11(9)18/h4-6,13H2,1-3H3. The fourth-order valence-corrected chi connectivity index (χ4v) is 1.57. The first-order valence-electron chi connectivity index (χ1n) is 6.13. The lowest BCUT2D eigenvalue weighted by Gasteiger charge is -2.10. The Hall–Kier alpha value is -2.42. The van der Waals surface area contributed by atoms with Gasteiger partial charge in [-0.2, -0.15) is 0 Å². The molecule has 21 heavy (non-hydrogen) atoms. The number of Topliss-reactive ketones (excluding diaryl/α,β-unsaturated/α-hetero) is 1. The molecule has 1 heterocycles. The van der Waals surface area contributed by atoms with E-state index in [2.05, 4.69) is 4.74 Å². The average molecular weight is 299 g/mol. The maximum atomic E-state index is 12.0. The van der Waals surface area contributed by atoms with Crippen molar-refractivity contribution < 1.29 is 19.1 Å². The molecule has 2 N–H and O–H groups in total. The molecule has 1 rings (SSSR count). The molecule has 0 radical (unpaired) electrons. The number of hydrogen-bond acceptors (Lipinski definition) is 7. The molecule has 0 atom stereocenters. The molecule has 1 aromatic rings. The second kappa shape index (κ2) is 6.84. The van der Waals surface area contributed by atoms with E-state index in [1.54, 1.807) is 6.92 Å². The maximum Gasteiger partial charge on any atom is 0.332 e. The predicted octanol–water partition coefficient (Wildman–Crippen LogP) is -1.57. The molecule has 1 aromatic heterocycles. The Bertz CT molecular complexity index is 673. The number of ether oxygens (including phenoxy) is 2. The molecule has 0 aliphatic carbocycles. The van der Waals surface area contributed by atoms with Gasteiger partial charge in [-0.05, 0) is 6.92 Å². The average Bonchev–Trinajstić information content (AvgIpc) is 2.47. The third kappa shape index (κ3) is 3.57.